The van der Waals surface area contributed by atoms with E-state index in [2.05, 4.69) is 63.0 Å². The van der Waals surface area contributed by atoms with Gasteiger partial charge in [0.15, 0.2) is 5.16 Å². The Kier molecular flexibility index (Phi) is 7.09. The van der Waals surface area contributed by atoms with Crippen molar-refractivity contribution in [2.75, 3.05) is 5.75 Å². The number of hydrogen-bond acceptors (Lipinski definition) is 4. The van der Waals surface area contributed by atoms with Gasteiger partial charge in [0.1, 0.15) is 0 Å². The topological polar surface area (TPSA) is 64.2 Å². The molecular weight excluding hydrogens is 526 g/mol. The molecule has 0 spiro atoms. The molecule has 8 heteroatoms. The van der Waals surface area contributed by atoms with E-state index in [0.717, 1.165) is 33.9 Å². The monoisotopic (exact) mass is 551 g/mol. The lowest BCUT2D eigenvalue weighted by Crippen LogP contribution is -2.20. The Labute approximate surface area is 235 Å². The van der Waals surface area contributed by atoms with E-state index in [1.54, 1.807) is 6.21 Å². The highest BCUT2D eigenvalue weighted by Crippen LogP contribution is 2.30. The second-order valence-electron chi connectivity index (χ2n) is 9.18. The van der Waals surface area contributed by atoms with E-state index in [4.69, 9.17) is 16.6 Å². The molecule has 0 aliphatic carbocycles. The van der Waals surface area contributed by atoms with Crippen LogP contribution in [0.25, 0.3) is 32.8 Å². The minimum atomic E-state index is -0.198. The van der Waals surface area contributed by atoms with Gasteiger partial charge in [0, 0.05) is 33.4 Å². The fraction of sp³-hybridized carbons (Fsp3) is 0.129. The van der Waals surface area contributed by atoms with Gasteiger partial charge >= 0.3 is 0 Å². The van der Waals surface area contributed by atoms with Crippen molar-refractivity contribution >= 4 is 68.3 Å². The van der Waals surface area contributed by atoms with Crippen molar-refractivity contribution in [1.29, 1.82) is 0 Å². The molecule has 0 atom stereocenters. The average molecular weight is 552 g/mol. The summed E-state index contributed by atoms with van der Waals surface area (Å²) in [6.45, 7) is 3.62. The molecule has 0 bridgehead atoms. The molecule has 2 heterocycles. The molecule has 4 aromatic carbocycles. The van der Waals surface area contributed by atoms with Gasteiger partial charge in [-0.3, -0.25) is 4.79 Å². The van der Waals surface area contributed by atoms with E-state index in [1.807, 2.05) is 54.6 Å². The highest BCUT2D eigenvalue weighted by atomic mass is 35.5. The molecule has 0 aliphatic heterocycles. The largest absolute Gasteiger partial charge is 0.341 e. The van der Waals surface area contributed by atoms with Crippen LogP contribution in [0.15, 0.2) is 101 Å². The number of carbonyl (C=O) groups excluding carboxylic acids is 1. The third-order valence-corrected chi connectivity index (χ3v) is 8.10. The van der Waals surface area contributed by atoms with Gasteiger partial charge in [0.2, 0.25) is 0 Å². The Morgan fingerprint density at radius 3 is 2.51 bits per heavy atom. The summed E-state index contributed by atoms with van der Waals surface area (Å²) < 4.78 is 4.41. The molecule has 1 N–H and O–H groups in total. The first-order chi connectivity index (χ1) is 19.1. The first kappa shape index (κ1) is 25.2. The molecule has 6 rings (SSSR count). The number of rotatable bonds is 8. The van der Waals surface area contributed by atoms with Crippen molar-refractivity contribution in [2.24, 2.45) is 5.10 Å². The molecule has 0 saturated carbocycles. The number of carbonyl (C=O) groups is 1. The SMILES string of the molecule is CCn1c2ccccc2c2cc(/C=N/NC(=O)CSc3nc4ccccc4n3Cc3ccccc3Cl)ccc21. The highest BCUT2D eigenvalue weighted by molar-refractivity contribution is 7.99. The third-order valence-electron chi connectivity index (χ3n) is 6.75. The third kappa shape index (κ3) is 5.03. The Morgan fingerprint density at radius 2 is 1.67 bits per heavy atom. The number of fused-ring (bicyclic) bond motifs is 4. The fourth-order valence-electron chi connectivity index (χ4n) is 4.95. The van der Waals surface area contributed by atoms with E-state index in [9.17, 15) is 4.79 Å². The number of amides is 1. The maximum atomic E-state index is 12.7. The van der Waals surface area contributed by atoms with Gasteiger partial charge in [-0.15, -0.1) is 0 Å². The first-order valence-corrected chi connectivity index (χ1v) is 14.1. The van der Waals surface area contributed by atoms with Crippen LogP contribution in [0.1, 0.15) is 18.1 Å². The number of thioether (sulfide) groups is 1. The lowest BCUT2D eigenvalue weighted by atomic mass is 10.1. The maximum absolute atomic E-state index is 12.7. The number of para-hydroxylation sites is 3. The summed E-state index contributed by atoms with van der Waals surface area (Å²) in [5.74, 6) is -0.0112. The highest BCUT2D eigenvalue weighted by Gasteiger charge is 2.14. The smallest absolute Gasteiger partial charge is 0.250 e. The summed E-state index contributed by atoms with van der Waals surface area (Å²) in [4.78, 5) is 17.4. The molecule has 6 nitrogen and oxygen atoms in total. The van der Waals surface area contributed by atoms with Gasteiger partial charge < -0.3 is 9.13 Å². The first-order valence-electron chi connectivity index (χ1n) is 12.8. The van der Waals surface area contributed by atoms with Crippen LogP contribution in [0.2, 0.25) is 5.02 Å². The molecule has 2 aromatic heterocycles. The van der Waals surface area contributed by atoms with Gasteiger partial charge in [-0.25, -0.2) is 10.4 Å². The quantitative estimate of drug-likeness (QED) is 0.124. The number of aryl methyl sites for hydroxylation is 1. The van der Waals surface area contributed by atoms with Gasteiger partial charge in [-0.1, -0.05) is 78.0 Å². The zero-order valence-corrected chi connectivity index (χ0v) is 22.9. The zero-order valence-electron chi connectivity index (χ0n) is 21.3. The lowest BCUT2D eigenvalue weighted by Gasteiger charge is -2.10. The molecule has 0 saturated heterocycles. The number of halogens is 1. The summed E-state index contributed by atoms with van der Waals surface area (Å²) >= 11 is 7.81. The Balaban J connectivity index is 1.16. The van der Waals surface area contributed by atoms with Crippen LogP contribution in [0.5, 0.6) is 0 Å². The summed E-state index contributed by atoms with van der Waals surface area (Å²) in [5, 5.41) is 8.07. The number of hydrogen-bond donors (Lipinski definition) is 1. The number of benzene rings is 4. The van der Waals surface area contributed by atoms with Crippen molar-refractivity contribution in [1.82, 2.24) is 19.5 Å². The molecule has 0 fully saturated rings. The van der Waals surface area contributed by atoms with E-state index in [0.29, 0.717) is 11.6 Å². The van der Waals surface area contributed by atoms with Crippen LogP contribution in [0, 0.1) is 0 Å². The zero-order chi connectivity index (χ0) is 26.8. The Hall–Kier alpha value is -4.07. The average Bonchev–Trinajstić information content (AvgIpc) is 3.47. The number of imidazole rings is 1. The van der Waals surface area contributed by atoms with Gasteiger partial charge in [-0.2, -0.15) is 5.10 Å². The lowest BCUT2D eigenvalue weighted by molar-refractivity contribution is -0.118. The van der Waals surface area contributed by atoms with Crippen LogP contribution >= 0.6 is 23.4 Å². The van der Waals surface area contributed by atoms with Crippen molar-refractivity contribution in [3.8, 4) is 0 Å². The molecule has 194 valence electrons. The fourth-order valence-corrected chi connectivity index (χ4v) is 5.95. The minimum absolute atomic E-state index is 0.187. The molecule has 39 heavy (non-hydrogen) atoms. The van der Waals surface area contributed by atoms with Gasteiger partial charge in [0.25, 0.3) is 5.91 Å². The van der Waals surface area contributed by atoms with Crippen molar-refractivity contribution in [3.63, 3.8) is 0 Å². The van der Waals surface area contributed by atoms with E-state index in [-0.39, 0.29) is 11.7 Å². The van der Waals surface area contributed by atoms with E-state index < -0.39 is 0 Å². The molecule has 1 amide bonds. The van der Waals surface area contributed by atoms with Gasteiger partial charge in [-0.05, 0) is 54.4 Å². The van der Waals surface area contributed by atoms with Crippen molar-refractivity contribution < 1.29 is 4.79 Å². The summed E-state index contributed by atoms with van der Waals surface area (Å²) in [6.07, 6.45) is 1.69. The van der Waals surface area contributed by atoms with Crippen molar-refractivity contribution in [2.45, 2.75) is 25.2 Å². The molecule has 0 unspecified atom stereocenters. The molecular formula is C31H26ClN5OS. The predicted molar refractivity (Wildman–Crippen MR) is 162 cm³/mol. The second kappa shape index (κ2) is 11.0. The van der Waals surface area contributed by atoms with Crippen molar-refractivity contribution in [3.05, 3.63) is 107 Å². The second-order valence-corrected chi connectivity index (χ2v) is 10.5. The number of nitrogens with one attached hydrogen (secondary N) is 1. The maximum Gasteiger partial charge on any atom is 0.250 e. The predicted octanol–water partition coefficient (Wildman–Crippen LogP) is 7.11. The van der Waals surface area contributed by atoms with E-state index in [1.165, 1.54) is 33.6 Å². The standard InChI is InChI=1S/C31H26ClN5OS/c1-2-36-27-13-7-4-10-23(27)24-17-21(15-16-28(24)36)18-33-35-30(38)20-39-31-34-26-12-6-8-14-29(26)37(31)19-22-9-3-5-11-25(22)32/h3-18H,2,19-20H2,1H3,(H,35,38)/b33-18+. The molecule has 6 aromatic rings. The van der Waals surface area contributed by atoms with Crippen LogP contribution in [0.4, 0.5) is 0 Å². The normalized spacial score (nSPS) is 11.7. The van der Waals surface area contributed by atoms with Crippen LogP contribution in [-0.4, -0.2) is 32.0 Å². The Bertz CT molecular complexity index is 1850. The minimum Gasteiger partial charge on any atom is -0.341 e. The molecule has 0 aliphatic rings. The number of aromatic nitrogens is 3. The van der Waals surface area contributed by atoms with Crippen LogP contribution in [0.3, 0.4) is 0 Å². The van der Waals surface area contributed by atoms with Crippen LogP contribution < -0.4 is 5.43 Å². The summed E-state index contributed by atoms with van der Waals surface area (Å²) in [5.41, 5.74) is 8.87. The number of nitrogens with zero attached hydrogens (tertiary/aromatic N) is 4. The Morgan fingerprint density at radius 1 is 0.923 bits per heavy atom. The molecule has 0 radical (unpaired) electrons. The number of hydrazone groups is 1. The summed E-state index contributed by atoms with van der Waals surface area (Å²) in [6, 6.07) is 30.4. The van der Waals surface area contributed by atoms with Gasteiger partial charge in [0.05, 0.1) is 29.5 Å². The van der Waals surface area contributed by atoms with Crippen LogP contribution in [-0.2, 0) is 17.9 Å². The van der Waals surface area contributed by atoms with E-state index >= 15 is 0 Å². The summed E-state index contributed by atoms with van der Waals surface area (Å²) in [7, 11) is 0.